The molecule has 5 nitrogen and oxygen atoms in total. The van der Waals surface area contributed by atoms with Crippen LogP contribution in [0.1, 0.15) is 30.9 Å². The molecule has 0 radical (unpaired) electrons. The van der Waals surface area contributed by atoms with E-state index in [1.54, 1.807) is 29.1 Å². The van der Waals surface area contributed by atoms with Crippen molar-refractivity contribution in [3.8, 4) is 0 Å². The third-order valence-corrected chi connectivity index (χ3v) is 5.29. The zero-order valence-electron chi connectivity index (χ0n) is 14.3. The molecule has 0 aliphatic heterocycles. The maximum Gasteiger partial charge on any atom is 0.263 e. The van der Waals surface area contributed by atoms with Crippen LogP contribution in [0.3, 0.4) is 0 Å². The largest absolute Gasteiger partial charge is 0.266 e. The Balaban J connectivity index is 1.73. The predicted molar refractivity (Wildman–Crippen MR) is 99.1 cm³/mol. The van der Waals surface area contributed by atoms with Gasteiger partial charge in [0.25, 0.3) is 10.0 Å². The van der Waals surface area contributed by atoms with Gasteiger partial charge < -0.3 is 0 Å². The van der Waals surface area contributed by atoms with Crippen molar-refractivity contribution in [3.05, 3.63) is 78.0 Å². The second-order valence-corrected chi connectivity index (χ2v) is 7.90. The molecule has 3 rings (SSSR count). The molecule has 0 amide bonds. The monoisotopic (exact) mass is 355 g/mol. The van der Waals surface area contributed by atoms with Crippen LogP contribution in [-0.4, -0.2) is 18.2 Å². The van der Waals surface area contributed by atoms with E-state index in [9.17, 15) is 8.42 Å². The van der Waals surface area contributed by atoms with E-state index in [-0.39, 0.29) is 4.90 Å². The van der Waals surface area contributed by atoms with Crippen LogP contribution in [0, 0.1) is 0 Å². The van der Waals surface area contributed by atoms with Crippen molar-refractivity contribution >= 4 is 15.8 Å². The molecule has 1 N–H and O–H groups in total. The smallest absolute Gasteiger partial charge is 0.263 e. The summed E-state index contributed by atoms with van der Waals surface area (Å²) in [7, 11) is -3.64. The fourth-order valence-electron chi connectivity index (χ4n) is 2.50. The van der Waals surface area contributed by atoms with Gasteiger partial charge in [-0.15, -0.1) is 0 Å². The maximum atomic E-state index is 12.5. The average molecular weight is 355 g/mol. The lowest BCUT2D eigenvalue weighted by Gasteiger charge is -2.08. The van der Waals surface area contributed by atoms with Crippen molar-refractivity contribution in [2.24, 2.45) is 0 Å². The highest BCUT2D eigenvalue weighted by Gasteiger charge is 2.16. The Hall–Kier alpha value is -2.60. The summed E-state index contributed by atoms with van der Waals surface area (Å²) in [5, 5.41) is 4.29. The van der Waals surface area contributed by atoms with Crippen molar-refractivity contribution < 1.29 is 8.42 Å². The van der Waals surface area contributed by atoms with Gasteiger partial charge in [0.05, 0.1) is 11.4 Å². The van der Waals surface area contributed by atoms with Gasteiger partial charge in [-0.2, -0.15) is 5.10 Å². The molecule has 3 aromatic rings. The third kappa shape index (κ3) is 4.28. The molecule has 130 valence electrons. The van der Waals surface area contributed by atoms with Crippen LogP contribution in [0.5, 0.6) is 0 Å². The van der Waals surface area contributed by atoms with Crippen molar-refractivity contribution in [1.82, 2.24) is 9.78 Å². The summed E-state index contributed by atoms with van der Waals surface area (Å²) in [4.78, 5) is 0.231. The Morgan fingerprint density at radius 1 is 1.00 bits per heavy atom. The Morgan fingerprint density at radius 3 is 2.32 bits per heavy atom. The lowest BCUT2D eigenvalue weighted by Crippen LogP contribution is -2.14. The van der Waals surface area contributed by atoms with Crippen molar-refractivity contribution in [3.63, 3.8) is 0 Å². The minimum atomic E-state index is -3.64. The highest BCUT2D eigenvalue weighted by atomic mass is 32.2. The first-order chi connectivity index (χ1) is 11.9. The molecule has 0 saturated heterocycles. The van der Waals surface area contributed by atoms with Gasteiger partial charge in [0.2, 0.25) is 0 Å². The molecular weight excluding hydrogens is 334 g/mol. The number of hydrogen-bond acceptors (Lipinski definition) is 3. The predicted octanol–water partition coefficient (Wildman–Crippen LogP) is 3.86. The summed E-state index contributed by atoms with van der Waals surface area (Å²) >= 11 is 0. The molecule has 2 aromatic carbocycles. The van der Waals surface area contributed by atoms with Gasteiger partial charge in [-0.05, 0) is 29.2 Å². The molecule has 6 heteroatoms. The first-order valence-corrected chi connectivity index (χ1v) is 9.62. The van der Waals surface area contributed by atoms with Crippen LogP contribution in [0.2, 0.25) is 0 Å². The normalized spacial score (nSPS) is 11.6. The average Bonchev–Trinajstić information content (AvgIpc) is 3.02. The Bertz CT molecular complexity index is 930. The molecule has 0 bridgehead atoms. The van der Waals surface area contributed by atoms with Crippen molar-refractivity contribution in [1.29, 1.82) is 0 Å². The highest BCUT2D eigenvalue weighted by molar-refractivity contribution is 7.92. The number of hydrogen-bond donors (Lipinski definition) is 1. The fraction of sp³-hybridized carbons (Fsp3) is 0.211. The lowest BCUT2D eigenvalue weighted by atomic mass is 10.0. The molecule has 0 aliphatic rings. The van der Waals surface area contributed by atoms with Gasteiger partial charge in [0.15, 0.2) is 5.82 Å². The SMILES string of the molecule is CC(C)c1ccc(S(=O)(=O)Nc2ccn(Cc3ccccc3)n2)cc1. The lowest BCUT2D eigenvalue weighted by molar-refractivity contribution is 0.600. The topological polar surface area (TPSA) is 64.0 Å². The van der Waals surface area contributed by atoms with Gasteiger partial charge in [-0.1, -0.05) is 56.3 Å². The zero-order valence-corrected chi connectivity index (χ0v) is 15.1. The molecule has 0 unspecified atom stereocenters. The molecular formula is C19H21N3O2S. The molecule has 1 aromatic heterocycles. The van der Waals surface area contributed by atoms with E-state index in [1.807, 2.05) is 42.5 Å². The van der Waals surface area contributed by atoms with Gasteiger partial charge >= 0.3 is 0 Å². The number of benzene rings is 2. The molecule has 0 saturated carbocycles. The summed E-state index contributed by atoms with van der Waals surface area (Å²) < 4.78 is 29.2. The van der Waals surface area contributed by atoms with Gasteiger partial charge in [-0.3, -0.25) is 9.40 Å². The quantitative estimate of drug-likeness (QED) is 0.730. The molecule has 0 spiro atoms. The van der Waals surface area contributed by atoms with E-state index in [1.165, 1.54) is 0 Å². The summed E-state index contributed by atoms with van der Waals surface area (Å²) in [6.07, 6.45) is 1.76. The molecule has 1 heterocycles. The molecule has 0 fully saturated rings. The van der Waals surface area contributed by atoms with Crippen LogP contribution < -0.4 is 4.72 Å². The second-order valence-electron chi connectivity index (χ2n) is 6.21. The number of nitrogens with zero attached hydrogens (tertiary/aromatic N) is 2. The number of anilines is 1. The zero-order chi connectivity index (χ0) is 17.9. The van der Waals surface area contributed by atoms with E-state index in [4.69, 9.17) is 0 Å². The fourth-order valence-corrected chi connectivity index (χ4v) is 3.50. The van der Waals surface area contributed by atoms with E-state index in [2.05, 4.69) is 23.7 Å². The van der Waals surface area contributed by atoms with Gasteiger partial charge in [-0.25, -0.2) is 8.42 Å². The first kappa shape index (κ1) is 17.2. The summed E-state index contributed by atoms with van der Waals surface area (Å²) in [5.74, 6) is 0.669. The second kappa shape index (κ2) is 7.11. The molecule has 0 atom stereocenters. The molecule has 0 aliphatic carbocycles. The van der Waals surface area contributed by atoms with Crippen LogP contribution >= 0.6 is 0 Å². The Labute approximate surface area is 148 Å². The Kier molecular flexibility index (Phi) is 4.90. The van der Waals surface area contributed by atoms with E-state index >= 15 is 0 Å². The van der Waals surface area contributed by atoms with Crippen molar-refractivity contribution in [2.75, 3.05) is 4.72 Å². The van der Waals surface area contributed by atoms with Gasteiger partial charge in [0.1, 0.15) is 0 Å². The van der Waals surface area contributed by atoms with Gasteiger partial charge in [0, 0.05) is 12.3 Å². The highest BCUT2D eigenvalue weighted by Crippen LogP contribution is 2.19. The third-order valence-electron chi connectivity index (χ3n) is 3.92. The number of rotatable bonds is 6. The van der Waals surface area contributed by atoms with E-state index < -0.39 is 10.0 Å². The first-order valence-electron chi connectivity index (χ1n) is 8.14. The number of aromatic nitrogens is 2. The minimum Gasteiger partial charge on any atom is -0.266 e. The van der Waals surface area contributed by atoms with Crippen LogP contribution in [0.4, 0.5) is 5.82 Å². The molecule has 25 heavy (non-hydrogen) atoms. The minimum absolute atomic E-state index is 0.231. The van der Waals surface area contributed by atoms with E-state index in [0.29, 0.717) is 18.3 Å². The Morgan fingerprint density at radius 2 is 1.68 bits per heavy atom. The van der Waals surface area contributed by atoms with Crippen LogP contribution in [0.15, 0.2) is 71.8 Å². The summed E-state index contributed by atoms with van der Waals surface area (Å²) in [6.45, 7) is 4.73. The number of nitrogens with one attached hydrogen (secondary N) is 1. The van der Waals surface area contributed by atoms with Crippen LogP contribution in [0.25, 0.3) is 0 Å². The van der Waals surface area contributed by atoms with E-state index in [0.717, 1.165) is 11.1 Å². The number of sulfonamides is 1. The summed E-state index contributed by atoms with van der Waals surface area (Å²) in [5.41, 5.74) is 2.20. The maximum absolute atomic E-state index is 12.5. The van der Waals surface area contributed by atoms with Crippen molar-refractivity contribution in [2.45, 2.75) is 31.2 Å². The summed E-state index contributed by atoms with van der Waals surface area (Å²) in [6, 6.07) is 18.5. The van der Waals surface area contributed by atoms with Crippen LogP contribution in [-0.2, 0) is 16.6 Å². The standard InChI is InChI=1S/C19H21N3O2S/c1-15(2)17-8-10-18(11-9-17)25(23,24)21-19-12-13-22(20-19)14-16-6-4-3-5-7-16/h3-13,15H,14H2,1-2H3,(H,20,21).